The van der Waals surface area contributed by atoms with E-state index in [9.17, 15) is 13.2 Å². The van der Waals surface area contributed by atoms with Crippen LogP contribution < -0.4 is 12.4 Å². The van der Waals surface area contributed by atoms with Crippen LogP contribution >= 0.6 is 10.5 Å². The standard InChI is InChI=1S/C12H10F3S.ClH/c13-12(14,15)16-10-4-2-1-3-9(10)7-11(16)8-5-6-8;/h1-4,7-8H,5-6H2;1H/q+1;/p-1. The van der Waals surface area contributed by atoms with Gasteiger partial charge in [0.25, 0.3) is 0 Å². The van der Waals surface area contributed by atoms with Crippen molar-refractivity contribution in [3.63, 3.8) is 0 Å². The van der Waals surface area contributed by atoms with Gasteiger partial charge in [0.15, 0.2) is 9.58 Å². The first-order valence-corrected chi connectivity index (χ1v) is 6.41. The van der Waals surface area contributed by atoms with Crippen LogP contribution in [-0.2, 0) is 5.51 Å². The van der Waals surface area contributed by atoms with Crippen molar-refractivity contribution in [2.75, 3.05) is 0 Å². The van der Waals surface area contributed by atoms with Crippen molar-refractivity contribution in [2.45, 2.75) is 24.3 Å². The Balaban J connectivity index is 0.00000108. The fraction of sp³-hybridized carbons (Fsp3) is 0.333. The van der Waals surface area contributed by atoms with Crippen molar-refractivity contribution in [1.29, 1.82) is 0 Å². The van der Waals surface area contributed by atoms with Gasteiger partial charge >= 0.3 is 5.51 Å². The lowest BCUT2D eigenvalue weighted by atomic mass is 10.2. The highest BCUT2D eigenvalue weighted by atomic mass is 35.5. The minimum absolute atomic E-state index is 0. The fourth-order valence-electron chi connectivity index (χ4n) is 2.04. The first kappa shape index (κ1) is 12.7. The van der Waals surface area contributed by atoms with Gasteiger partial charge in [-0.25, -0.2) is 0 Å². The van der Waals surface area contributed by atoms with Gasteiger partial charge in [-0.15, -0.1) is 13.2 Å². The van der Waals surface area contributed by atoms with Gasteiger partial charge in [0, 0.05) is 17.4 Å². The Morgan fingerprint density at radius 1 is 1.12 bits per heavy atom. The van der Waals surface area contributed by atoms with Crippen molar-refractivity contribution in [2.24, 2.45) is 0 Å². The molecule has 0 radical (unpaired) electrons. The highest BCUT2D eigenvalue weighted by molar-refractivity contribution is 7.38. The molecule has 1 atom stereocenters. The average Bonchev–Trinajstić information content (AvgIpc) is 2.96. The van der Waals surface area contributed by atoms with E-state index in [0.717, 1.165) is 18.2 Å². The molecule has 0 spiro atoms. The molecule has 0 amide bonds. The Morgan fingerprint density at radius 3 is 2.35 bits per heavy atom. The molecule has 92 valence electrons. The van der Waals surface area contributed by atoms with Crippen molar-refractivity contribution in [3.05, 3.63) is 35.2 Å². The number of alkyl halides is 3. The molecule has 3 rings (SSSR count). The maximum atomic E-state index is 13.0. The van der Waals surface area contributed by atoms with E-state index in [1.54, 1.807) is 30.3 Å². The summed E-state index contributed by atoms with van der Waals surface area (Å²) in [5, 5.41) is 0.755. The Morgan fingerprint density at radius 2 is 1.76 bits per heavy atom. The smallest absolute Gasteiger partial charge is 0.600 e. The van der Waals surface area contributed by atoms with E-state index in [-0.39, 0.29) is 18.3 Å². The van der Waals surface area contributed by atoms with E-state index in [1.165, 1.54) is 0 Å². The molecule has 1 aromatic carbocycles. The number of halogens is 4. The molecule has 1 aromatic heterocycles. The van der Waals surface area contributed by atoms with Gasteiger partial charge in [0.2, 0.25) is 0 Å². The maximum absolute atomic E-state index is 13.0. The zero-order chi connectivity index (χ0) is 11.3. The van der Waals surface area contributed by atoms with Crippen LogP contribution in [0.4, 0.5) is 13.2 Å². The third-order valence-corrected chi connectivity index (χ3v) is 5.08. The summed E-state index contributed by atoms with van der Waals surface area (Å²) < 4.78 is 39.6. The molecule has 0 aliphatic heterocycles. The third-order valence-electron chi connectivity index (χ3n) is 2.88. The zero-order valence-electron chi connectivity index (χ0n) is 8.80. The van der Waals surface area contributed by atoms with Crippen molar-refractivity contribution in [3.8, 4) is 0 Å². The summed E-state index contributed by atoms with van der Waals surface area (Å²) in [4.78, 5) is 0.605. The molecule has 1 unspecified atom stereocenters. The van der Waals surface area contributed by atoms with E-state index in [4.69, 9.17) is 0 Å². The molecule has 1 saturated carbocycles. The van der Waals surface area contributed by atoms with Gasteiger partial charge in [-0.3, -0.25) is 0 Å². The number of hydrogen-bond acceptors (Lipinski definition) is 0. The quantitative estimate of drug-likeness (QED) is 0.700. The fourth-order valence-corrected chi connectivity index (χ4v) is 4.20. The highest BCUT2D eigenvalue weighted by Gasteiger charge is 2.50. The molecule has 1 fully saturated rings. The van der Waals surface area contributed by atoms with E-state index >= 15 is 0 Å². The van der Waals surface area contributed by atoms with Crippen LogP contribution in [0, 0.1) is 0 Å². The number of fused-ring (bicyclic) bond motifs is 1. The summed E-state index contributed by atoms with van der Waals surface area (Å²) in [6.45, 7) is 0. The summed E-state index contributed by atoms with van der Waals surface area (Å²) in [5.41, 5.74) is -4.12. The van der Waals surface area contributed by atoms with Crippen molar-refractivity contribution in [1.82, 2.24) is 0 Å². The van der Waals surface area contributed by atoms with E-state index < -0.39 is 16.0 Å². The minimum Gasteiger partial charge on any atom is -1.00 e. The number of thiophene rings is 1. The van der Waals surface area contributed by atoms with Crippen LogP contribution in [0.5, 0.6) is 0 Å². The van der Waals surface area contributed by atoms with Crippen LogP contribution in [0.3, 0.4) is 0 Å². The van der Waals surface area contributed by atoms with Crippen molar-refractivity contribution >= 4 is 20.6 Å². The van der Waals surface area contributed by atoms with E-state index in [1.807, 2.05) is 0 Å². The Bertz CT molecular complexity index is 540. The van der Waals surface area contributed by atoms with Gasteiger partial charge in [0.05, 0.1) is 10.5 Å². The number of hydrogen-bond donors (Lipinski definition) is 0. The van der Waals surface area contributed by atoms with Gasteiger partial charge in [-0.1, -0.05) is 12.1 Å². The molecule has 1 aliphatic carbocycles. The van der Waals surface area contributed by atoms with Crippen LogP contribution in [0.15, 0.2) is 30.3 Å². The molecule has 17 heavy (non-hydrogen) atoms. The average molecular weight is 279 g/mol. The molecule has 0 saturated heterocycles. The monoisotopic (exact) mass is 278 g/mol. The van der Waals surface area contributed by atoms with Crippen LogP contribution in [0.25, 0.3) is 10.1 Å². The maximum Gasteiger partial charge on any atom is 0.600 e. The van der Waals surface area contributed by atoms with Gasteiger partial charge in [-0.05, 0) is 25.0 Å². The lowest BCUT2D eigenvalue weighted by Gasteiger charge is -1.98. The van der Waals surface area contributed by atoms with Crippen LogP contribution in [0.2, 0.25) is 0 Å². The number of benzene rings is 1. The van der Waals surface area contributed by atoms with Crippen LogP contribution in [0.1, 0.15) is 23.6 Å². The summed E-state index contributed by atoms with van der Waals surface area (Å²) in [6, 6.07) is 8.62. The first-order valence-electron chi connectivity index (χ1n) is 5.19. The second kappa shape index (κ2) is 4.18. The molecular weight excluding hydrogens is 269 g/mol. The third kappa shape index (κ3) is 2.16. The minimum atomic E-state index is -4.12. The zero-order valence-corrected chi connectivity index (χ0v) is 10.4. The largest absolute Gasteiger partial charge is 1.00 e. The van der Waals surface area contributed by atoms with Gasteiger partial charge < -0.3 is 12.4 Å². The van der Waals surface area contributed by atoms with Gasteiger partial charge in [-0.2, -0.15) is 0 Å². The molecule has 5 heteroatoms. The number of rotatable bonds is 1. The molecule has 0 N–H and O–H groups in total. The Kier molecular flexibility index (Phi) is 3.12. The summed E-state index contributed by atoms with van der Waals surface area (Å²) >= 11 is 0. The second-order valence-electron chi connectivity index (χ2n) is 4.11. The first-order chi connectivity index (χ1) is 7.57. The SMILES string of the molecule is FC(F)(F)[s+]1c(C2CC2)cc2ccccc21.[Cl-]. The topological polar surface area (TPSA) is 0 Å². The molecule has 0 bridgehead atoms. The van der Waals surface area contributed by atoms with Crippen LogP contribution in [-0.4, -0.2) is 0 Å². The summed E-state index contributed by atoms with van der Waals surface area (Å²) in [7, 11) is -1.66. The predicted molar refractivity (Wildman–Crippen MR) is 59.7 cm³/mol. The lowest BCUT2D eigenvalue weighted by Crippen LogP contribution is -3.00. The highest BCUT2D eigenvalue weighted by Crippen LogP contribution is 2.57. The molecule has 1 heterocycles. The molecular formula is C12H10ClF3S. The predicted octanol–water partition coefficient (Wildman–Crippen LogP) is 1.95. The normalized spacial score (nSPS) is 17.0. The molecule has 0 nitrogen and oxygen atoms in total. The molecule has 1 aliphatic rings. The Hall–Kier alpha value is -0.740. The lowest BCUT2D eigenvalue weighted by molar-refractivity contribution is -0.0867. The second-order valence-corrected chi connectivity index (χ2v) is 6.10. The van der Waals surface area contributed by atoms with E-state index in [2.05, 4.69) is 0 Å². The molecule has 2 aromatic rings. The van der Waals surface area contributed by atoms with Gasteiger partial charge in [0.1, 0.15) is 0 Å². The Labute approximate surface area is 106 Å². The summed E-state index contributed by atoms with van der Waals surface area (Å²) in [5.74, 6) is 0.178. The van der Waals surface area contributed by atoms with Crippen molar-refractivity contribution < 1.29 is 25.6 Å². The van der Waals surface area contributed by atoms with E-state index in [0.29, 0.717) is 9.58 Å². The summed E-state index contributed by atoms with van der Waals surface area (Å²) in [6.07, 6.45) is 1.83.